The van der Waals surface area contributed by atoms with E-state index < -0.39 is 11.6 Å². The van der Waals surface area contributed by atoms with E-state index in [1.54, 1.807) is 24.3 Å². The van der Waals surface area contributed by atoms with Crippen LogP contribution in [0.15, 0.2) is 72.8 Å². The minimum atomic E-state index is -0.960. The molecule has 42 heavy (non-hydrogen) atoms. The average molecular weight is 575 g/mol. The van der Waals surface area contributed by atoms with Crippen molar-refractivity contribution in [3.05, 3.63) is 95.8 Å². The van der Waals surface area contributed by atoms with Crippen LogP contribution in [0.5, 0.6) is 5.75 Å². The minimum Gasteiger partial charge on any atom is -0.490 e. The van der Waals surface area contributed by atoms with E-state index in [9.17, 15) is 8.78 Å². The summed E-state index contributed by atoms with van der Waals surface area (Å²) in [6.07, 6.45) is 19.7. The number of rotatable bonds is 15. The number of unbranched alkanes of at least 4 members (excludes halogenated alkanes) is 6. The van der Waals surface area contributed by atoms with Gasteiger partial charge in [-0.05, 0) is 91.8 Å². The van der Waals surface area contributed by atoms with Gasteiger partial charge in [-0.2, -0.15) is 4.39 Å². The largest absolute Gasteiger partial charge is 0.490 e. The van der Waals surface area contributed by atoms with Crippen LogP contribution in [0.3, 0.4) is 0 Å². The van der Waals surface area contributed by atoms with E-state index >= 15 is 4.39 Å². The number of ether oxygens (including phenoxy) is 1. The van der Waals surface area contributed by atoms with Crippen molar-refractivity contribution in [2.75, 3.05) is 6.61 Å². The molecular weight excluding hydrogens is 529 g/mol. The number of allylic oxidation sites excluding steroid dienone is 4. The Kier molecular flexibility index (Phi) is 12.4. The fourth-order valence-electron chi connectivity index (χ4n) is 5.80. The molecule has 0 amide bonds. The van der Waals surface area contributed by atoms with Crippen molar-refractivity contribution >= 4 is 5.57 Å². The third-order valence-corrected chi connectivity index (χ3v) is 8.39. The normalized spacial score (nSPS) is 15.3. The maximum atomic E-state index is 15.2. The van der Waals surface area contributed by atoms with Gasteiger partial charge in [0.1, 0.15) is 5.82 Å². The van der Waals surface area contributed by atoms with Crippen LogP contribution < -0.4 is 4.74 Å². The zero-order valence-corrected chi connectivity index (χ0v) is 25.2. The molecule has 0 aromatic heterocycles. The minimum absolute atomic E-state index is 0.0494. The average Bonchev–Trinajstić information content (AvgIpc) is 3.01. The summed E-state index contributed by atoms with van der Waals surface area (Å²) in [6.45, 7) is 4.62. The zero-order valence-electron chi connectivity index (χ0n) is 25.2. The lowest BCUT2D eigenvalue weighted by Gasteiger charge is -2.22. The molecule has 4 rings (SSSR count). The first kappa shape index (κ1) is 31.7. The highest BCUT2D eigenvalue weighted by Crippen LogP contribution is 2.36. The Bertz CT molecular complexity index is 1340. The Morgan fingerprint density at radius 2 is 1.48 bits per heavy atom. The van der Waals surface area contributed by atoms with Gasteiger partial charge < -0.3 is 4.74 Å². The van der Waals surface area contributed by atoms with Crippen LogP contribution in [0, 0.1) is 23.4 Å². The van der Waals surface area contributed by atoms with E-state index in [0.29, 0.717) is 23.7 Å². The Hall–Kier alpha value is -3.27. The van der Waals surface area contributed by atoms with Crippen LogP contribution in [-0.4, -0.2) is 6.61 Å². The standard InChI is InChI=1S/C38H45F3O/c1-3-5-7-8-9-10-12-26-42-36-25-24-34(37(40)38(36)41)31-20-18-29(19-21-31)32-22-23-33(35(39)27-32)30-16-14-28(15-17-30)13-11-6-4-2/h4,6,16,18-25,27-28H,3,5,7-15,17,26H2,1-2H3. The predicted molar refractivity (Wildman–Crippen MR) is 170 cm³/mol. The van der Waals surface area contributed by atoms with Crippen molar-refractivity contribution in [2.45, 2.75) is 90.9 Å². The van der Waals surface area contributed by atoms with E-state index in [2.05, 4.69) is 25.2 Å². The van der Waals surface area contributed by atoms with Crippen LogP contribution in [0.1, 0.15) is 96.5 Å². The SMILES string of the molecule is CC=CCCC1CC=C(c2ccc(-c3ccc(-c4ccc(OCCCCCCCCC)c(F)c4F)cc3)cc2F)CC1. The van der Waals surface area contributed by atoms with Gasteiger partial charge in [0.05, 0.1) is 6.61 Å². The monoisotopic (exact) mass is 574 g/mol. The summed E-state index contributed by atoms with van der Waals surface area (Å²) in [7, 11) is 0. The van der Waals surface area contributed by atoms with Crippen molar-refractivity contribution in [1.82, 2.24) is 0 Å². The number of hydrogen-bond acceptors (Lipinski definition) is 1. The highest BCUT2D eigenvalue weighted by molar-refractivity contribution is 5.74. The topological polar surface area (TPSA) is 9.23 Å². The second kappa shape index (κ2) is 16.4. The van der Waals surface area contributed by atoms with Crippen molar-refractivity contribution in [3.63, 3.8) is 0 Å². The molecule has 0 saturated heterocycles. The van der Waals surface area contributed by atoms with Gasteiger partial charge in [0.2, 0.25) is 5.82 Å². The molecule has 1 unspecified atom stereocenters. The van der Waals surface area contributed by atoms with Crippen molar-refractivity contribution < 1.29 is 17.9 Å². The molecule has 224 valence electrons. The zero-order chi connectivity index (χ0) is 29.7. The molecule has 0 heterocycles. The summed E-state index contributed by atoms with van der Waals surface area (Å²) in [5.41, 5.74) is 4.07. The van der Waals surface area contributed by atoms with Gasteiger partial charge in [-0.15, -0.1) is 0 Å². The van der Waals surface area contributed by atoms with E-state index in [1.807, 2.05) is 31.2 Å². The van der Waals surface area contributed by atoms with E-state index in [-0.39, 0.29) is 17.1 Å². The van der Waals surface area contributed by atoms with E-state index in [1.165, 1.54) is 38.2 Å². The molecule has 0 radical (unpaired) electrons. The molecule has 3 aromatic carbocycles. The van der Waals surface area contributed by atoms with E-state index in [0.717, 1.165) is 61.6 Å². The van der Waals surface area contributed by atoms with Crippen molar-refractivity contribution in [3.8, 4) is 28.0 Å². The first-order valence-corrected chi connectivity index (χ1v) is 15.8. The molecule has 4 heteroatoms. The summed E-state index contributed by atoms with van der Waals surface area (Å²) < 4.78 is 50.5. The van der Waals surface area contributed by atoms with Crippen LogP contribution >= 0.6 is 0 Å². The van der Waals surface area contributed by atoms with Crippen LogP contribution in [-0.2, 0) is 0 Å². The summed E-state index contributed by atoms with van der Waals surface area (Å²) >= 11 is 0. The molecule has 0 spiro atoms. The van der Waals surface area contributed by atoms with Gasteiger partial charge in [0, 0.05) is 11.1 Å². The smallest absolute Gasteiger partial charge is 0.201 e. The highest BCUT2D eigenvalue weighted by Gasteiger charge is 2.18. The van der Waals surface area contributed by atoms with Gasteiger partial charge in [-0.25, -0.2) is 8.78 Å². The molecule has 0 N–H and O–H groups in total. The lowest BCUT2D eigenvalue weighted by Crippen LogP contribution is -2.06. The maximum Gasteiger partial charge on any atom is 0.201 e. The molecule has 1 aliphatic rings. The Morgan fingerprint density at radius 1 is 0.786 bits per heavy atom. The predicted octanol–water partition coefficient (Wildman–Crippen LogP) is 12.1. The van der Waals surface area contributed by atoms with Crippen LogP contribution in [0.4, 0.5) is 13.2 Å². The van der Waals surface area contributed by atoms with Crippen molar-refractivity contribution in [2.24, 2.45) is 5.92 Å². The molecule has 1 aliphatic carbocycles. The quantitative estimate of drug-likeness (QED) is 0.130. The lowest BCUT2D eigenvalue weighted by atomic mass is 9.84. The van der Waals surface area contributed by atoms with Crippen LogP contribution in [0.2, 0.25) is 0 Å². The Morgan fingerprint density at radius 3 is 2.17 bits per heavy atom. The van der Waals surface area contributed by atoms with Gasteiger partial charge >= 0.3 is 0 Å². The second-order valence-electron chi connectivity index (χ2n) is 11.5. The molecule has 1 atom stereocenters. The van der Waals surface area contributed by atoms with Gasteiger partial charge in [-0.3, -0.25) is 0 Å². The Balaban J connectivity index is 1.35. The summed E-state index contributed by atoms with van der Waals surface area (Å²) in [5.74, 6) is -1.48. The molecule has 1 nitrogen and oxygen atoms in total. The van der Waals surface area contributed by atoms with Crippen molar-refractivity contribution in [1.29, 1.82) is 0 Å². The summed E-state index contributed by atoms with van der Waals surface area (Å²) in [6, 6.07) is 15.6. The fraction of sp³-hybridized carbons (Fsp3) is 0.421. The second-order valence-corrected chi connectivity index (χ2v) is 11.5. The van der Waals surface area contributed by atoms with Gasteiger partial charge in [0.25, 0.3) is 0 Å². The molecule has 3 aromatic rings. The molecule has 0 bridgehead atoms. The van der Waals surface area contributed by atoms with E-state index in [4.69, 9.17) is 4.74 Å². The van der Waals surface area contributed by atoms with Crippen LogP contribution in [0.25, 0.3) is 27.8 Å². The van der Waals surface area contributed by atoms with Gasteiger partial charge in [0.15, 0.2) is 11.6 Å². The lowest BCUT2D eigenvalue weighted by molar-refractivity contribution is 0.285. The summed E-state index contributed by atoms with van der Waals surface area (Å²) in [4.78, 5) is 0. The molecule has 0 fully saturated rings. The highest BCUT2D eigenvalue weighted by atomic mass is 19.2. The van der Waals surface area contributed by atoms with Gasteiger partial charge in [-0.1, -0.05) is 100 Å². The fourth-order valence-corrected chi connectivity index (χ4v) is 5.80. The first-order chi connectivity index (χ1) is 20.5. The maximum absolute atomic E-state index is 15.2. The number of hydrogen-bond donors (Lipinski definition) is 0. The third kappa shape index (κ3) is 8.63. The first-order valence-electron chi connectivity index (χ1n) is 15.8. The number of benzene rings is 3. The number of halogens is 3. The molecule has 0 aliphatic heterocycles. The summed E-state index contributed by atoms with van der Waals surface area (Å²) in [5, 5.41) is 0. The Labute approximate surface area is 250 Å². The molecular formula is C38H45F3O. The third-order valence-electron chi connectivity index (χ3n) is 8.39. The molecule has 0 saturated carbocycles.